The number of aromatic nitrogens is 2. The normalized spacial score (nSPS) is 11.5. The lowest BCUT2D eigenvalue weighted by Gasteiger charge is -2.01. The summed E-state index contributed by atoms with van der Waals surface area (Å²) in [6, 6.07) is 0. The minimum Gasteiger partial charge on any atom is -0.494 e. The van der Waals surface area contributed by atoms with E-state index in [0.29, 0.717) is 12.5 Å². The maximum Gasteiger partial charge on any atom is 0.264 e. The van der Waals surface area contributed by atoms with Gasteiger partial charge in [-0.3, -0.25) is 14.8 Å². The molecule has 0 saturated heterocycles. The zero-order chi connectivity index (χ0) is 12.8. The smallest absolute Gasteiger partial charge is 0.264 e. The van der Waals surface area contributed by atoms with Crippen molar-refractivity contribution in [1.82, 2.24) is 9.97 Å². The average Bonchev–Trinajstić information content (AvgIpc) is 2.20. The standard InChI is InChI=1S/C11H17N3O2S/c1-7(2)4-3-5-12-6-8-9(15)13-11(17)14-10(8)16/h6-7H,3-5H2,1-2H3,(H3,13,14,15,16,17). The predicted molar refractivity (Wildman–Crippen MR) is 70.4 cm³/mol. The third kappa shape index (κ3) is 4.52. The highest BCUT2D eigenvalue weighted by molar-refractivity contribution is 7.71. The molecule has 0 spiro atoms. The fourth-order valence-electron chi connectivity index (χ4n) is 1.35. The highest BCUT2D eigenvalue weighted by Gasteiger charge is 2.03. The molecule has 3 N–H and O–H groups in total. The van der Waals surface area contributed by atoms with Gasteiger partial charge in [-0.2, -0.15) is 0 Å². The van der Waals surface area contributed by atoms with Crippen LogP contribution < -0.4 is 5.56 Å². The van der Waals surface area contributed by atoms with Gasteiger partial charge in [-0.15, -0.1) is 0 Å². The molecule has 0 saturated carbocycles. The van der Waals surface area contributed by atoms with E-state index in [0.717, 1.165) is 12.8 Å². The van der Waals surface area contributed by atoms with E-state index >= 15 is 0 Å². The van der Waals surface area contributed by atoms with Gasteiger partial charge in [-0.05, 0) is 31.0 Å². The number of aromatic hydroxyl groups is 1. The fraction of sp³-hybridized carbons (Fsp3) is 0.545. The summed E-state index contributed by atoms with van der Waals surface area (Å²) in [6.45, 7) is 4.95. The van der Waals surface area contributed by atoms with E-state index in [1.807, 2.05) is 0 Å². The molecular weight excluding hydrogens is 238 g/mol. The van der Waals surface area contributed by atoms with E-state index in [1.165, 1.54) is 6.21 Å². The average molecular weight is 255 g/mol. The van der Waals surface area contributed by atoms with Crippen molar-refractivity contribution >= 4 is 18.4 Å². The van der Waals surface area contributed by atoms with E-state index in [-0.39, 0.29) is 16.2 Å². The molecule has 0 unspecified atom stereocenters. The maximum atomic E-state index is 11.4. The molecule has 94 valence electrons. The first kappa shape index (κ1) is 13.6. The van der Waals surface area contributed by atoms with Crippen molar-refractivity contribution in [3.8, 4) is 5.88 Å². The molecule has 0 atom stereocenters. The van der Waals surface area contributed by atoms with E-state index in [2.05, 4.69) is 28.8 Å². The molecule has 0 radical (unpaired) electrons. The van der Waals surface area contributed by atoms with E-state index in [1.54, 1.807) is 0 Å². The number of hydrogen-bond donors (Lipinski definition) is 3. The molecule has 17 heavy (non-hydrogen) atoms. The first-order valence-corrected chi connectivity index (χ1v) is 5.97. The van der Waals surface area contributed by atoms with Crippen LogP contribution in [0, 0.1) is 10.7 Å². The Balaban J connectivity index is 2.66. The summed E-state index contributed by atoms with van der Waals surface area (Å²) in [5.74, 6) is 0.404. The molecule has 0 aliphatic carbocycles. The lowest BCUT2D eigenvalue weighted by atomic mass is 10.1. The van der Waals surface area contributed by atoms with E-state index < -0.39 is 5.56 Å². The summed E-state index contributed by atoms with van der Waals surface area (Å²) in [5, 5.41) is 9.48. The van der Waals surface area contributed by atoms with Gasteiger partial charge in [-0.1, -0.05) is 13.8 Å². The van der Waals surface area contributed by atoms with Crippen LogP contribution >= 0.6 is 12.2 Å². The molecule has 0 bridgehead atoms. The number of hydrogen-bond acceptors (Lipinski definition) is 4. The SMILES string of the molecule is CC(C)CCCN=Cc1c(O)[nH]c(=S)[nH]c1=O. The van der Waals surface area contributed by atoms with Crippen LogP contribution in [0.3, 0.4) is 0 Å². The van der Waals surface area contributed by atoms with Gasteiger partial charge in [0.05, 0.1) is 0 Å². The molecule has 1 rings (SSSR count). The number of aliphatic imine (C=N–C) groups is 1. The number of aromatic amines is 2. The highest BCUT2D eigenvalue weighted by Crippen LogP contribution is 2.05. The minimum atomic E-state index is -0.432. The third-order valence-corrected chi connectivity index (χ3v) is 2.45. The Labute approximate surface area is 105 Å². The molecule has 5 nitrogen and oxygen atoms in total. The lowest BCUT2D eigenvalue weighted by Crippen LogP contribution is -2.13. The van der Waals surface area contributed by atoms with Crippen LogP contribution in [-0.4, -0.2) is 27.8 Å². The van der Waals surface area contributed by atoms with Crippen molar-refractivity contribution in [2.75, 3.05) is 6.54 Å². The Morgan fingerprint density at radius 3 is 2.76 bits per heavy atom. The summed E-state index contributed by atoms with van der Waals surface area (Å²) >= 11 is 4.71. The summed E-state index contributed by atoms with van der Waals surface area (Å²) in [7, 11) is 0. The molecule has 0 aliphatic heterocycles. The van der Waals surface area contributed by atoms with E-state index in [9.17, 15) is 9.90 Å². The zero-order valence-electron chi connectivity index (χ0n) is 9.99. The second-order valence-electron chi connectivity index (χ2n) is 4.24. The van der Waals surface area contributed by atoms with Gasteiger partial charge >= 0.3 is 0 Å². The molecule has 0 aliphatic rings. The Kier molecular flexibility index (Phi) is 5.09. The monoisotopic (exact) mass is 255 g/mol. The second kappa shape index (κ2) is 6.34. The fourth-order valence-corrected chi connectivity index (χ4v) is 1.54. The van der Waals surface area contributed by atoms with Crippen molar-refractivity contribution in [3.05, 3.63) is 20.7 Å². The Morgan fingerprint density at radius 1 is 1.47 bits per heavy atom. The first-order valence-electron chi connectivity index (χ1n) is 5.56. The molecule has 1 aromatic rings. The summed E-state index contributed by atoms with van der Waals surface area (Å²) in [4.78, 5) is 20.4. The number of H-pyrrole nitrogens is 2. The topological polar surface area (TPSA) is 81.2 Å². The molecule has 6 heteroatoms. The van der Waals surface area contributed by atoms with Crippen molar-refractivity contribution < 1.29 is 5.11 Å². The van der Waals surface area contributed by atoms with Crippen LogP contribution in [0.2, 0.25) is 0 Å². The van der Waals surface area contributed by atoms with Gasteiger partial charge < -0.3 is 10.1 Å². The predicted octanol–water partition coefficient (Wildman–Crippen LogP) is 1.99. The van der Waals surface area contributed by atoms with Gasteiger partial charge in [0.25, 0.3) is 5.56 Å². The molecular formula is C11H17N3O2S. The second-order valence-corrected chi connectivity index (χ2v) is 4.65. The minimum absolute atomic E-state index is 0.101. The summed E-state index contributed by atoms with van der Waals surface area (Å²) in [6.07, 6.45) is 3.44. The van der Waals surface area contributed by atoms with Crippen LogP contribution in [-0.2, 0) is 0 Å². The van der Waals surface area contributed by atoms with Crippen molar-refractivity contribution in [1.29, 1.82) is 0 Å². The van der Waals surface area contributed by atoms with Gasteiger partial charge in [0, 0.05) is 12.8 Å². The van der Waals surface area contributed by atoms with E-state index in [4.69, 9.17) is 12.2 Å². The van der Waals surface area contributed by atoms with Crippen LogP contribution in [0.4, 0.5) is 0 Å². The summed E-state index contributed by atoms with van der Waals surface area (Å²) < 4.78 is 0.101. The third-order valence-electron chi connectivity index (χ3n) is 2.25. The molecule has 0 fully saturated rings. The maximum absolute atomic E-state index is 11.4. The Morgan fingerprint density at radius 2 is 2.18 bits per heavy atom. The number of rotatable bonds is 5. The van der Waals surface area contributed by atoms with Crippen molar-refractivity contribution in [3.63, 3.8) is 0 Å². The largest absolute Gasteiger partial charge is 0.494 e. The van der Waals surface area contributed by atoms with Gasteiger partial charge in [0.1, 0.15) is 5.56 Å². The van der Waals surface area contributed by atoms with Crippen molar-refractivity contribution in [2.45, 2.75) is 26.7 Å². The van der Waals surface area contributed by atoms with Crippen LogP contribution in [0.15, 0.2) is 9.79 Å². The number of nitrogens with one attached hydrogen (secondary N) is 2. The van der Waals surface area contributed by atoms with Gasteiger partial charge in [0.15, 0.2) is 4.77 Å². The highest BCUT2D eigenvalue weighted by atomic mass is 32.1. The van der Waals surface area contributed by atoms with Crippen molar-refractivity contribution in [2.24, 2.45) is 10.9 Å². The van der Waals surface area contributed by atoms with Crippen LogP contribution in [0.5, 0.6) is 5.88 Å². The van der Waals surface area contributed by atoms with Gasteiger partial charge in [0.2, 0.25) is 5.88 Å². The quantitative estimate of drug-likeness (QED) is 0.427. The molecule has 0 amide bonds. The zero-order valence-corrected chi connectivity index (χ0v) is 10.8. The lowest BCUT2D eigenvalue weighted by molar-refractivity contribution is 0.449. The Bertz CT molecular complexity index is 502. The Hall–Kier alpha value is -1.43. The molecule has 0 aromatic carbocycles. The number of nitrogens with zero attached hydrogens (tertiary/aromatic N) is 1. The van der Waals surface area contributed by atoms with Gasteiger partial charge in [-0.25, -0.2) is 0 Å². The molecule has 1 aromatic heterocycles. The summed E-state index contributed by atoms with van der Waals surface area (Å²) in [5.41, 5.74) is -0.318. The molecule has 1 heterocycles. The van der Waals surface area contributed by atoms with Crippen LogP contribution in [0.1, 0.15) is 32.3 Å². The van der Waals surface area contributed by atoms with Crippen LogP contribution in [0.25, 0.3) is 0 Å². The first-order chi connectivity index (χ1) is 8.00.